The molecule has 2 aromatic carbocycles. The van der Waals surface area contributed by atoms with Crippen molar-refractivity contribution in [2.45, 2.75) is 0 Å². The number of amides is 2. The van der Waals surface area contributed by atoms with Crippen LogP contribution in [-0.4, -0.2) is 54.9 Å². The van der Waals surface area contributed by atoms with Crippen LogP contribution in [0.1, 0.15) is 0 Å². The topological polar surface area (TPSA) is 105 Å². The first-order valence-corrected chi connectivity index (χ1v) is 8.72. The molecule has 0 aromatic heterocycles. The number of benzene rings is 2. The molecule has 1 heterocycles. The number of hydrogen-bond donors (Lipinski definition) is 1. The second-order valence-electron chi connectivity index (χ2n) is 6.21. The summed E-state index contributed by atoms with van der Waals surface area (Å²) in [5, 5.41) is 13.2. The summed E-state index contributed by atoms with van der Waals surface area (Å²) in [6.07, 6.45) is 0. The molecule has 146 valence electrons. The Kier molecular flexibility index (Phi) is 5.73. The summed E-state index contributed by atoms with van der Waals surface area (Å²) in [7, 11) is 1.61. The van der Waals surface area contributed by atoms with Crippen molar-refractivity contribution in [3.05, 3.63) is 58.6 Å². The summed E-state index contributed by atoms with van der Waals surface area (Å²) in [6, 6.07) is 13.1. The Balaban J connectivity index is 1.59. The Bertz CT molecular complexity index is 893. The average Bonchev–Trinajstić information content (AvgIpc) is 2.73. The van der Waals surface area contributed by atoms with Gasteiger partial charge in [-0.15, -0.1) is 0 Å². The van der Waals surface area contributed by atoms with Crippen molar-refractivity contribution in [2.75, 3.05) is 43.5 Å². The van der Waals surface area contributed by atoms with Gasteiger partial charge in [-0.2, -0.15) is 0 Å². The van der Waals surface area contributed by atoms with Gasteiger partial charge in [-0.05, 0) is 18.2 Å². The molecule has 1 aliphatic rings. The van der Waals surface area contributed by atoms with Gasteiger partial charge in [-0.25, -0.2) is 0 Å². The molecule has 1 N–H and O–H groups in total. The van der Waals surface area contributed by atoms with Crippen molar-refractivity contribution in [1.82, 2.24) is 4.90 Å². The van der Waals surface area contributed by atoms with E-state index in [9.17, 15) is 19.7 Å². The second kappa shape index (κ2) is 8.38. The van der Waals surface area contributed by atoms with Crippen molar-refractivity contribution >= 4 is 28.9 Å². The van der Waals surface area contributed by atoms with E-state index in [-0.39, 0.29) is 11.4 Å². The molecule has 2 amide bonds. The van der Waals surface area contributed by atoms with Crippen molar-refractivity contribution in [1.29, 1.82) is 0 Å². The summed E-state index contributed by atoms with van der Waals surface area (Å²) < 4.78 is 5.37. The van der Waals surface area contributed by atoms with Crippen molar-refractivity contribution < 1.29 is 19.2 Å². The minimum atomic E-state index is -0.814. The van der Waals surface area contributed by atoms with Crippen LogP contribution in [-0.2, 0) is 9.59 Å². The number of nitro benzene ring substituents is 1. The molecule has 0 spiro atoms. The van der Waals surface area contributed by atoms with Crippen molar-refractivity contribution in [3.8, 4) is 5.75 Å². The van der Waals surface area contributed by atoms with E-state index in [1.54, 1.807) is 7.11 Å². The fraction of sp³-hybridized carbons (Fsp3) is 0.263. The molecule has 9 nitrogen and oxygen atoms in total. The van der Waals surface area contributed by atoms with Gasteiger partial charge in [0.1, 0.15) is 5.75 Å². The molecule has 9 heteroatoms. The van der Waals surface area contributed by atoms with Crippen molar-refractivity contribution in [3.63, 3.8) is 0 Å². The molecule has 3 rings (SSSR count). The van der Waals surface area contributed by atoms with Crippen LogP contribution in [0.3, 0.4) is 0 Å². The van der Waals surface area contributed by atoms with E-state index in [2.05, 4.69) is 10.2 Å². The Morgan fingerprint density at radius 2 is 1.79 bits per heavy atom. The van der Waals surface area contributed by atoms with Gasteiger partial charge in [0.25, 0.3) is 5.69 Å². The normalized spacial score (nSPS) is 13.8. The number of nitrogens with zero attached hydrogens (tertiary/aromatic N) is 3. The van der Waals surface area contributed by atoms with Crippen LogP contribution in [0.25, 0.3) is 0 Å². The van der Waals surface area contributed by atoms with E-state index in [1.807, 2.05) is 24.3 Å². The maximum Gasteiger partial charge on any atom is 0.313 e. The number of ether oxygens (including phenoxy) is 1. The number of nitro groups is 1. The molecule has 0 bridgehead atoms. The summed E-state index contributed by atoms with van der Waals surface area (Å²) >= 11 is 0. The van der Waals surface area contributed by atoms with E-state index in [1.165, 1.54) is 29.2 Å². The van der Waals surface area contributed by atoms with Crippen LogP contribution in [0.15, 0.2) is 48.5 Å². The maximum absolute atomic E-state index is 12.4. The average molecular weight is 384 g/mol. The molecule has 0 aliphatic carbocycles. The number of hydrogen-bond acceptors (Lipinski definition) is 6. The van der Waals surface area contributed by atoms with Gasteiger partial charge in [-0.3, -0.25) is 19.7 Å². The molecule has 1 fully saturated rings. The Morgan fingerprint density at radius 3 is 2.46 bits per heavy atom. The fourth-order valence-electron chi connectivity index (χ4n) is 3.07. The van der Waals surface area contributed by atoms with Crippen LogP contribution in [0.5, 0.6) is 5.75 Å². The number of carbonyl (C=O) groups excluding carboxylic acids is 2. The molecule has 0 radical (unpaired) electrons. The van der Waals surface area contributed by atoms with Gasteiger partial charge < -0.3 is 19.9 Å². The summed E-state index contributed by atoms with van der Waals surface area (Å²) in [5.41, 5.74) is 0.994. The lowest BCUT2D eigenvalue weighted by atomic mass is 10.2. The lowest BCUT2D eigenvalue weighted by Gasteiger charge is -2.36. The number of para-hydroxylation sites is 2. The number of piperazine rings is 1. The highest BCUT2D eigenvalue weighted by Gasteiger charge is 2.27. The number of methoxy groups -OCH3 is 1. The van der Waals surface area contributed by atoms with Gasteiger partial charge >= 0.3 is 11.8 Å². The van der Waals surface area contributed by atoms with E-state index >= 15 is 0 Å². The van der Waals surface area contributed by atoms with Gasteiger partial charge in [0.05, 0.1) is 17.7 Å². The zero-order valence-electron chi connectivity index (χ0n) is 15.3. The quantitative estimate of drug-likeness (QED) is 0.490. The fourth-order valence-corrected chi connectivity index (χ4v) is 3.07. The lowest BCUT2D eigenvalue weighted by Crippen LogP contribution is -2.51. The standard InChI is InChI=1S/C19H20N4O5/c1-28-17-8-3-2-7-16(17)21-9-11-22(12-10-21)19(25)18(24)20-14-5-4-6-15(13-14)23(26)27/h2-8,13H,9-12H2,1H3,(H,20,24). The van der Waals surface area contributed by atoms with Crippen LogP contribution < -0.4 is 15.0 Å². The van der Waals surface area contributed by atoms with Crippen LogP contribution in [0.4, 0.5) is 17.1 Å². The predicted molar refractivity (Wildman–Crippen MR) is 104 cm³/mol. The molecule has 1 aliphatic heterocycles. The lowest BCUT2D eigenvalue weighted by molar-refractivity contribution is -0.384. The smallest absolute Gasteiger partial charge is 0.313 e. The molecule has 0 saturated carbocycles. The maximum atomic E-state index is 12.4. The molecule has 28 heavy (non-hydrogen) atoms. The molecular weight excluding hydrogens is 364 g/mol. The van der Waals surface area contributed by atoms with Gasteiger partial charge in [0.2, 0.25) is 0 Å². The third-order valence-corrected chi connectivity index (χ3v) is 4.50. The molecular formula is C19H20N4O5. The highest BCUT2D eigenvalue weighted by Crippen LogP contribution is 2.28. The SMILES string of the molecule is COc1ccccc1N1CCN(C(=O)C(=O)Nc2cccc([N+](=O)[O-])c2)CC1. The highest BCUT2D eigenvalue weighted by atomic mass is 16.6. The highest BCUT2D eigenvalue weighted by molar-refractivity contribution is 6.39. The predicted octanol–water partition coefficient (Wildman–Crippen LogP) is 1.89. The van der Waals surface area contributed by atoms with Crippen LogP contribution >= 0.6 is 0 Å². The van der Waals surface area contributed by atoms with E-state index < -0.39 is 16.7 Å². The van der Waals surface area contributed by atoms with Gasteiger partial charge in [-0.1, -0.05) is 18.2 Å². The molecule has 0 unspecified atom stereocenters. The molecule has 1 saturated heterocycles. The van der Waals surface area contributed by atoms with E-state index in [4.69, 9.17) is 4.74 Å². The number of non-ortho nitro benzene ring substituents is 1. The third-order valence-electron chi connectivity index (χ3n) is 4.50. The summed E-state index contributed by atoms with van der Waals surface area (Å²) in [6.45, 7) is 1.91. The Morgan fingerprint density at radius 1 is 1.07 bits per heavy atom. The Hall–Kier alpha value is -3.62. The van der Waals surface area contributed by atoms with Crippen LogP contribution in [0, 0.1) is 10.1 Å². The third kappa shape index (κ3) is 4.20. The number of nitrogens with one attached hydrogen (secondary N) is 1. The van der Waals surface area contributed by atoms with Crippen LogP contribution in [0.2, 0.25) is 0 Å². The monoisotopic (exact) mass is 384 g/mol. The van der Waals surface area contributed by atoms with E-state index in [0.717, 1.165) is 11.4 Å². The first kappa shape index (κ1) is 19.2. The second-order valence-corrected chi connectivity index (χ2v) is 6.21. The first-order valence-electron chi connectivity index (χ1n) is 8.72. The zero-order chi connectivity index (χ0) is 20.1. The molecule has 0 atom stereocenters. The van der Waals surface area contributed by atoms with Gasteiger partial charge in [0, 0.05) is 44.0 Å². The first-order chi connectivity index (χ1) is 13.5. The van der Waals surface area contributed by atoms with Gasteiger partial charge in [0.15, 0.2) is 0 Å². The number of anilines is 2. The Labute approximate surface area is 161 Å². The minimum absolute atomic E-state index is 0.157. The minimum Gasteiger partial charge on any atom is -0.495 e. The summed E-state index contributed by atoms with van der Waals surface area (Å²) in [4.78, 5) is 38.5. The van der Waals surface area contributed by atoms with Crippen molar-refractivity contribution in [2.24, 2.45) is 0 Å². The number of rotatable bonds is 4. The molecule has 2 aromatic rings. The largest absolute Gasteiger partial charge is 0.495 e. The summed E-state index contributed by atoms with van der Waals surface area (Å²) in [5.74, 6) is -0.719. The zero-order valence-corrected chi connectivity index (χ0v) is 15.3. The van der Waals surface area contributed by atoms with E-state index in [0.29, 0.717) is 26.2 Å². The number of carbonyl (C=O) groups is 2.